The summed E-state index contributed by atoms with van der Waals surface area (Å²) in [6.45, 7) is 1.52. The van der Waals surface area contributed by atoms with Crippen molar-refractivity contribution in [3.8, 4) is 5.75 Å². The number of likely N-dealkylation sites (N-methyl/N-ethyl adjacent to an activating group) is 1. The van der Waals surface area contributed by atoms with E-state index in [1.165, 1.54) is 44.3 Å². The molecule has 8 nitrogen and oxygen atoms in total. The van der Waals surface area contributed by atoms with Crippen LogP contribution in [0, 0.1) is 18.6 Å². The lowest BCUT2D eigenvalue weighted by molar-refractivity contribution is -0.274. The molecular weight excluding hydrogens is 561 g/mol. The number of ether oxygens (including phenoxy) is 1. The molecule has 2 N–H and O–H groups in total. The lowest BCUT2D eigenvalue weighted by Crippen LogP contribution is -2.51. The number of urea groups is 1. The summed E-state index contributed by atoms with van der Waals surface area (Å²) >= 11 is 0. The number of sulfonamides is 1. The Morgan fingerprint density at radius 3 is 2.15 bits per heavy atom. The van der Waals surface area contributed by atoms with E-state index in [4.69, 9.17) is 0 Å². The molecule has 0 aliphatic rings. The molecule has 0 fully saturated rings. The van der Waals surface area contributed by atoms with E-state index < -0.39 is 51.7 Å². The lowest BCUT2D eigenvalue weighted by Gasteiger charge is -2.25. The van der Waals surface area contributed by atoms with Crippen molar-refractivity contribution >= 4 is 27.6 Å². The van der Waals surface area contributed by atoms with Gasteiger partial charge in [0.15, 0.2) is 0 Å². The summed E-state index contributed by atoms with van der Waals surface area (Å²) in [5.41, 5.74) is 0.652. The van der Waals surface area contributed by atoms with E-state index in [1.807, 2.05) is 4.72 Å². The van der Waals surface area contributed by atoms with Crippen LogP contribution in [0.5, 0.6) is 5.75 Å². The van der Waals surface area contributed by atoms with Crippen LogP contribution in [0.15, 0.2) is 71.6 Å². The maximum absolute atomic E-state index is 13.6. The molecular formula is C26H24F5N3O5S. The van der Waals surface area contributed by atoms with Crippen LogP contribution < -0.4 is 19.7 Å². The van der Waals surface area contributed by atoms with Crippen LogP contribution in [0.25, 0.3) is 0 Å². The summed E-state index contributed by atoms with van der Waals surface area (Å²) in [6.07, 6.45) is -5.22. The molecule has 0 bridgehead atoms. The van der Waals surface area contributed by atoms with Gasteiger partial charge in [-0.2, -0.15) is 0 Å². The minimum absolute atomic E-state index is 0.0951. The number of rotatable bonds is 9. The first-order valence-electron chi connectivity index (χ1n) is 11.6. The van der Waals surface area contributed by atoms with Crippen LogP contribution in [0.1, 0.15) is 17.5 Å². The Balaban J connectivity index is 1.81. The van der Waals surface area contributed by atoms with E-state index in [1.54, 1.807) is 6.07 Å². The number of aryl methyl sites for hydroxylation is 2. The zero-order valence-corrected chi connectivity index (χ0v) is 21.9. The van der Waals surface area contributed by atoms with E-state index in [0.29, 0.717) is 11.6 Å². The molecule has 3 rings (SSSR count). The molecule has 1 atom stereocenters. The molecule has 0 unspecified atom stereocenters. The van der Waals surface area contributed by atoms with Crippen molar-refractivity contribution in [3.05, 3.63) is 89.5 Å². The molecule has 3 aromatic carbocycles. The third-order valence-corrected chi connectivity index (χ3v) is 7.14. The van der Waals surface area contributed by atoms with E-state index in [0.717, 1.165) is 29.2 Å². The van der Waals surface area contributed by atoms with Gasteiger partial charge in [-0.15, -0.1) is 13.2 Å². The first kappa shape index (κ1) is 30.3. The zero-order valence-electron chi connectivity index (χ0n) is 21.1. The normalized spacial score (nSPS) is 12.4. The number of carbonyl (C=O) groups is 2. The Bertz CT molecular complexity index is 1460. The van der Waals surface area contributed by atoms with Crippen molar-refractivity contribution < 1.29 is 44.7 Å². The average molecular weight is 586 g/mol. The number of carbonyl (C=O) groups excluding carboxylic acids is 2. The number of benzene rings is 3. The quantitative estimate of drug-likeness (QED) is 0.351. The van der Waals surface area contributed by atoms with Crippen LogP contribution in [0.3, 0.4) is 0 Å². The van der Waals surface area contributed by atoms with E-state index in [-0.39, 0.29) is 29.0 Å². The van der Waals surface area contributed by atoms with E-state index in [9.17, 15) is 40.0 Å². The van der Waals surface area contributed by atoms with Crippen LogP contribution in [-0.2, 0) is 21.2 Å². The minimum Gasteiger partial charge on any atom is -0.406 e. The van der Waals surface area contributed by atoms with Crippen LogP contribution >= 0.6 is 0 Å². The molecule has 3 amide bonds. The van der Waals surface area contributed by atoms with Gasteiger partial charge >= 0.3 is 12.4 Å². The van der Waals surface area contributed by atoms with Crippen molar-refractivity contribution in [2.75, 3.05) is 11.9 Å². The highest BCUT2D eigenvalue weighted by molar-refractivity contribution is 7.90. The third kappa shape index (κ3) is 8.40. The van der Waals surface area contributed by atoms with Crippen molar-refractivity contribution in [3.63, 3.8) is 0 Å². The molecule has 0 saturated heterocycles. The molecule has 214 valence electrons. The summed E-state index contributed by atoms with van der Waals surface area (Å²) in [6, 6.07) is 10.3. The molecule has 0 radical (unpaired) electrons. The molecule has 0 saturated carbocycles. The highest BCUT2D eigenvalue weighted by atomic mass is 32.2. The second-order valence-corrected chi connectivity index (χ2v) is 10.3. The van der Waals surface area contributed by atoms with Crippen molar-refractivity contribution in [1.82, 2.24) is 10.0 Å². The Kier molecular flexibility index (Phi) is 9.35. The minimum atomic E-state index is -4.92. The number of hydrogen-bond donors (Lipinski definition) is 2. The van der Waals surface area contributed by atoms with Gasteiger partial charge in [-0.25, -0.2) is 26.7 Å². The maximum atomic E-state index is 13.6. The number of nitrogens with zero attached hydrogens (tertiary/aromatic N) is 1. The van der Waals surface area contributed by atoms with Crippen LogP contribution in [0.2, 0.25) is 0 Å². The van der Waals surface area contributed by atoms with Crippen molar-refractivity contribution in [1.29, 1.82) is 0 Å². The Labute approximate surface area is 226 Å². The van der Waals surface area contributed by atoms with Gasteiger partial charge in [0.25, 0.3) is 10.0 Å². The van der Waals surface area contributed by atoms with Crippen molar-refractivity contribution in [2.24, 2.45) is 0 Å². The molecule has 3 aromatic rings. The Morgan fingerprint density at radius 1 is 0.975 bits per heavy atom. The molecule has 0 spiro atoms. The highest BCUT2D eigenvalue weighted by Gasteiger charge is 2.31. The number of halogens is 5. The van der Waals surface area contributed by atoms with Crippen LogP contribution in [0.4, 0.5) is 32.4 Å². The van der Waals surface area contributed by atoms with Gasteiger partial charge in [0.1, 0.15) is 23.4 Å². The first-order valence-corrected chi connectivity index (χ1v) is 13.1. The molecule has 0 aliphatic carbocycles. The fourth-order valence-electron chi connectivity index (χ4n) is 3.78. The number of hydrogen-bond acceptors (Lipinski definition) is 5. The summed E-state index contributed by atoms with van der Waals surface area (Å²) in [4.78, 5) is 26.9. The summed E-state index contributed by atoms with van der Waals surface area (Å²) in [7, 11) is -3.05. The molecule has 0 aromatic heterocycles. The van der Waals surface area contributed by atoms with E-state index >= 15 is 0 Å². The molecule has 40 heavy (non-hydrogen) atoms. The van der Waals surface area contributed by atoms with Gasteiger partial charge in [-0.1, -0.05) is 18.2 Å². The van der Waals surface area contributed by atoms with Gasteiger partial charge in [0, 0.05) is 18.8 Å². The summed E-state index contributed by atoms with van der Waals surface area (Å²) in [5, 5.41) is 2.27. The number of amides is 3. The van der Waals surface area contributed by atoms with Crippen LogP contribution in [-0.4, -0.2) is 39.8 Å². The fraction of sp³-hybridized carbons (Fsp3) is 0.231. The predicted molar refractivity (Wildman–Crippen MR) is 135 cm³/mol. The zero-order chi connectivity index (χ0) is 29.7. The number of anilines is 1. The monoisotopic (exact) mass is 585 g/mol. The Hall–Kier alpha value is -4.20. The summed E-state index contributed by atoms with van der Waals surface area (Å²) < 4.78 is 95.7. The first-order chi connectivity index (χ1) is 18.6. The number of nitrogens with one attached hydrogen (secondary N) is 2. The SMILES string of the molecule is Cc1ccccc1S(=O)(=O)NC(=O)N[C@@H](CCc1cc(F)cc(F)c1)C(=O)N(C)c1ccc(OC(F)(F)F)cc1. The van der Waals surface area contributed by atoms with Gasteiger partial charge in [-0.05, 0) is 73.4 Å². The molecule has 0 heterocycles. The fourth-order valence-corrected chi connectivity index (χ4v) is 4.94. The molecule has 14 heteroatoms. The van der Waals surface area contributed by atoms with Crippen molar-refractivity contribution in [2.45, 2.75) is 37.1 Å². The second kappa shape index (κ2) is 12.3. The largest absolute Gasteiger partial charge is 0.573 e. The predicted octanol–water partition coefficient (Wildman–Crippen LogP) is 4.82. The standard InChI is InChI=1S/C26H24F5N3O5S/c1-16-5-3-4-6-23(16)40(37,38)33-25(36)32-22(12-7-17-13-18(27)15-19(28)14-17)24(35)34(2)20-8-10-21(11-9-20)39-26(29,30)31/h3-6,8-11,13-15,22H,7,12H2,1-2H3,(H2,32,33,36)/t22-/m0/s1. The van der Waals surface area contributed by atoms with Gasteiger partial charge in [0.05, 0.1) is 4.90 Å². The van der Waals surface area contributed by atoms with Gasteiger partial charge < -0.3 is 15.0 Å². The maximum Gasteiger partial charge on any atom is 0.573 e. The second-order valence-electron chi connectivity index (χ2n) is 8.65. The third-order valence-electron chi connectivity index (χ3n) is 5.65. The smallest absolute Gasteiger partial charge is 0.406 e. The Morgan fingerprint density at radius 2 is 1.57 bits per heavy atom. The topological polar surface area (TPSA) is 105 Å². The highest BCUT2D eigenvalue weighted by Crippen LogP contribution is 2.25. The van der Waals surface area contributed by atoms with Gasteiger partial charge in [0.2, 0.25) is 5.91 Å². The average Bonchev–Trinajstić information content (AvgIpc) is 2.84. The lowest BCUT2D eigenvalue weighted by atomic mass is 10.0. The van der Waals surface area contributed by atoms with E-state index in [2.05, 4.69) is 10.1 Å². The summed E-state index contributed by atoms with van der Waals surface area (Å²) in [5.74, 6) is -3.03. The van der Waals surface area contributed by atoms with Gasteiger partial charge in [-0.3, -0.25) is 4.79 Å². The molecule has 0 aliphatic heterocycles. The number of alkyl halides is 3.